The number of hydrogen-bond donors (Lipinski definition) is 0. The monoisotopic (exact) mass is 304 g/mol. The van der Waals surface area contributed by atoms with Gasteiger partial charge >= 0.3 is 0 Å². The lowest BCUT2D eigenvalue weighted by Crippen LogP contribution is -2.26. The molecule has 2 aromatic carbocycles. The lowest BCUT2D eigenvalue weighted by molar-refractivity contribution is 0.467. The van der Waals surface area contributed by atoms with E-state index < -0.39 is 10.0 Å². The summed E-state index contributed by atoms with van der Waals surface area (Å²) in [5.74, 6) is 0. The normalized spacial score (nSPS) is 11.6. The third-order valence-corrected chi connectivity index (χ3v) is 5.13. The maximum absolute atomic E-state index is 12.5. The predicted molar refractivity (Wildman–Crippen MR) is 85.9 cm³/mol. The topological polar surface area (TPSA) is 40.6 Å². The Hall–Kier alpha value is -1.85. The van der Waals surface area contributed by atoms with Crippen LogP contribution in [-0.2, 0) is 16.6 Å². The van der Waals surface area contributed by atoms with Crippen molar-refractivity contribution in [2.45, 2.75) is 11.4 Å². The minimum Gasteiger partial charge on any atom is -0.378 e. The Morgan fingerprint density at radius 1 is 0.857 bits per heavy atom. The number of nitrogens with zero attached hydrogens (tertiary/aromatic N) is 2. The molecule has 0 aliphatic heterocycles. The Morgan fingerprint density at radius 3 is 1.95 bits per heavy atom. The van der Waals surface area contributed by atoms with Crippen molar-refractivity contribution in [2.24, 2.45) is 0 Å². The molecule has 4 nitrogen and oxygen atoms in total. The van der Waals surface area contributed by atoms with Crippen LogP contribution in [0.25, 0.3) is 0 Å². The minimum absolute atomic E-state index is 0.312. The van der Waals surface area contributed by atoms with Crippen LogP contribution < -0.4 is 4.90 Å². The van der Waals surface area contributed by atoms with Crippen LogP contribution in [0.3, 0.4) is 0 Å². The molecule has 0 heterocycles. The first-order valence-corrected chi connectivity index (χ1v) is 8.13. The van der Waals surface area contributed by atoms with E-state index in [4.69, 9.17) is 0 Å². The lowest BCUT2D eigenvalue weighted by Gasteiger charge is -2.18. The van der Waals surface area contributed by atoms with Crippen LogP contribution in [0.15, 0.2) is 59.5 Å². The van der Waals surface area contributed by atoms with E-state index in [9.17, 15) is 8.42 Å². The van der Waals surface area contributed by atoms with Gasteiger partial charge in [0, 0.05) is 33.4 Å². The Morgan fingerprint density at radius 2 is 1.43 bits per heavy atom. The van der Waals surface area contributed by atoms with Crippen LogP contribution in [0.2, 0.25) is 0 Å². The average molecular weight is 304 g/mol. The molecule has 0 N–H and O–H groups in total. The van der Waals surface area contributed by atoms with Gasteiger partial charge in [-0.3, -0.25) is 0 Å². The lowest BCUT2D eigenvalue weighted by atomic mass is 10.2. The number of rotatable bonds is 5. The van der Waals surface area contributed by atoms with Crippen LogP contribution in [0, 0.1) is 0 Å². The zero-order valence-electron chi connectivity index (χ0n) is 12.5. The molecule has 0 aromatic heterocycles. The number of anilines is 1. The van der Waals surface area contributed by atoms with E-state index in [0.717, 1.165) is 11.3 Å². The summed E-state index contributed by atoms with van der Waals surface area (Å²) in [7, 11) is 1.98. The van der Waals surface area contributed by atoms with Crippen LogP contribution in [0.5, 0.6) is 0 Å². The second-order valence-electron chi connectivity index (χ2n) is 5.14. The van der Waals surface area contributed by atoms with E-state index in [0.29, 0.717) is 11.4 Å². The molecular formula is C16H20N2O2S. The van der Waals surface area contributed by atoms with Crippen molar-refractivity contribution in [3.05, 3.63) is 60.2 Å². The molecule has 0 aliphatic carbocycles. The van der Waals surface area contributed by atoms with Gasteiger partial charge in [-0.2, -0.15) is 4.31 Å². The third kappa shape index (κ3) is 3.62. The van der Waals surface area contributed by atoms with Crippen molar-refractivity contribution in [1.29, 1.82) is 0 Å². The molecule has 0 saturated carbocycles. The SMILES string of the molecule is CN(C)c1ccc(S(=O)(=O)N(C)Cc2ccccc2)cc1. The summed E-state index contributed by atoms with van der Waals surface area (Å²) < 4.78 is 26.4. The van der Waals surface area contributed by atoms with Gasteiger partial charge in [-0.05, 0) is 29.8 Å². The van der Waals surface area contributed by atoms with E-state index in [2.05, 4.69) is 0 Å². The van der Waals surface area contributed by atoms with Crippen molar-refractivity contribution in [2.75, 3.05) is 26.0 Å². The van der Waals surface area contributed by atoms with Gasteiger partial charge < -0.3 is 4.90 Å². The molecule has 0 bridgehead atoms. The smallest absolute Gasteiger partial charge is 0.243 e. The maximum Gasteiger partial charge on any atom is 0.243 e. The zero-order valence-corrected chi connectivity index (χ0v) is 13.3. The summed E-state index contributed by atoms with van der Waals surface area (Å²) >= 11 is 0. The summed E-state index contributed by atoms with van der Waals surface area (Å²) in [6.07, 6.45) is 0. The van der Waals surface area contributed by atoms with E-state index in [1.807, 2.05) is 61.5 Å². The Bertz CT molecular complexity index is 680. The molecule has 0 unspecified atom stereocenters. The molecular weight excluding hydrogens is 284 g/mol. The van der Waals surface area contributed by atoms with Crippen molar-refractivity contribution in [3.63, 3.8) is 0 Å². The fraction of sp³-hybridized carbons (Fsp3) is 0.250. The van der Waals surface area contributed by atoms with Crippen molar-refractivity contribution in [1.82, 2.24) is 4.31 Å². The molecule has 0 fully saturated rings. The van der Waals surface area contributed by atoms with Crippen molar-refractivity contribution >= 4 is 15.7 Å². The Labute approximate surface area is 126 Å². The fourth-order valence-corrected chi connectivity index (χ4v) is 3.18. The van der Waals surface area contributed by atoms with Gasteiger partial charge in [0.25, 0.3) is 0 Å². The molecule has 5 heteroatoms. The van der Waals surface area contributed by atoms with Gasteiger partial charge in [0.05, 0.1) is 4.90 Å². The highest BCUT2D eigenvalue weighted by atomic mass is 32.2. The molecule has 0 aliphatic rings. The maximum atomic E-state index is 12.5. The molecule has 112 valence electrons. The summed E-state index contributed by atoms with van der Waals surface area (Å²) in [6, 6.07) is 16.5. The largest absolute Gasteiger partial charge is 0.378 e. The highest BCUT2D eigenvalue weighted by Crippen LogP contribution is 2.20. The first-order chi connectivity index (χ1) is 9.91. The molecule has 0 atom stereocenters. The Kier molecular flexibility index (Phi) is 4.65. The third-order valence-electron chi connectivity index (χ3n) is 3.31. The van der Waals surface area contributed by atoms with Gasteiger partial charge in [-0.1, -0.05) is 30.3 Å². The molecule has 0 spiro atoms. The van der Waals surface area contributed by atoms with Crippen LogP contribution in [-0.4, -0.2) is 33.9 Å². The van der Waals surface area contributed by atoms with Gasteiger partial charge in [0.1, 0.15) is 0 Å². The fourth-order valence-electron chi connectivity index (χ4n) is 2.02. The van der Waals surface area contributed by atoms with Crippen molar-refractivity contribution < 1.29 is 8.42 Å². The van der Waals surface area contributed by atoms with Crippen LogP contribution >= 0.6 is 0 Å². The molecule has 2 rings (SSSR count). The van der Waals surface area contributed by atoms with E-state index in [1.54, 1.807) is 19.2 Å². The molecule has 2 aromatic rings. The quantitative estimate of drug-likeness (QED) is 0.852. The molecule has 0 radical (unpaired) electrons. The predicted octanol–water partition coefficient (Wildman–Crippen LogP) is 2.57. The first kappa shape index (κ1) is 15.5. The first-order valence-electron chi connectivity index (χ1n) is 6.69. The van der Waals surface area contributed by atoms with Gasteiger partial charge in [-0.25, -0.2) is 8.42 Å². The van der Waals surface area contributed by atoms with Gasteiger partial charge in [0.2, 0.25) is 10.0 Å². The second kappa shape index (κ2) is 6.28. The van der Waals surface area contributed by atoms with Gasteiger partial charge in [-0.15, -0.1) is 0 Å². The van der Waals surface area contributed by atoms with Crippen molar-refractivity contribution in [3.8, 4) is 0 Å². The standard InChI is InChI=1S/C16H20N2O2S/c1-17(2)15-9-11-16(12-10-15)21(19,20)18(3)13-14-7-5-4-6-8-14/h4-12H,13H2,1-3H3. The minimum atomic E-state index is -3.46. The van der Waals surface area contributed by atoms with Crippen LogP contribution in [0.4, 0.5) is 5.69 Å². The van der Waals surface area contributed by atoms with Gasteiger partial charge in [0.15, 0.2) is 0 Å². The van der Waals surface area contributed by atoms with E-state index in [1.165, 1.54) is 4.31 Å². The highest BCUT2D eigenvalue weighted by Gasteiger charge is 2.20. The average Bonchev–Trinajstić information content (AvgIpc) is 2.48. The summed E-state index contributed by atoms with van der Waals surface area (Å²) in [5.41, 5.74) is 1.94. The molecule has 21 heavy (non-hydrogen) atoms. The number of hydrogen-bond acceptors (Lipinski definition) is 3. The summed E-state index contributed by atoms with van der Waals surface area (Å²) in [5, 5.41) is 0. The van der Waals surface area contributed by atoms with E-state index >= 15 is 0 Å². The Balaban J connectivity index is 2.20. The van der Waals surface area contributed by atoms with E-state index in [-0.39, 0.29) is 0 Å². The zero-order chi connectivity index (χ0) is 15.5. The second-order valence-corrected chi connectivity index (χ2v) is 7.18. The number of benzene rings is 2. The summed E-state index contributed by atoms with van der Waals surface area (Å²) in [4.78, 5) is 2.25. The highest BCUT2D eigenvalue weighted by molar-refractivity contribution is 7.89. The number of sulfonamides is 1. The van der Waals surface area contributed by atoms with Crippen LogP contribution in [0.1, 0.15) is 5.56 Å². The summed E-state index contributed by atoms with van der Waals surface area (Å²) in [6.45, 7) is 0.360. The molecule has 0 saturated heterocycles. The molecule has 0 amide bonds.